The van der Waals surface area contributed by atoms with Crippen LogP contribution in [0.5, 0.6) is 0 Å². The van der Waals surface area contributed by atoms with Gasteiger partial charge in [0.15, 0.2) is 0 Å². The maximum atomic E-state index is 11.1. The van der Waals surface area contributed by atoms with Gasteiger partial charge in [0.05, 0.1) is 5.56 Å². The third-order valence-corrected chi connectivity index (χ3v) is 2.05. The molecular formula is C10H7ClN2O. The summed E-state index contributed by atoms with van der Waals surface area (Å²) in [5.41, 5.74) is 0.408. The largest absolute Gasteiger partial charge is 0.308 e. The van der Waals surface area contributed by atoms with Gasteiger partial charge in [-0.25, -0.2) is 4.98 Å². The van der Waals surface area contributed by atoms with Crippen molar-refractivity contribution in [2.45, 2.75) is 0 Å². The number of halogens is 1. The fraction of sp³-hybridized carbons (Fsp3) is 0. The molecule has 4 heteroatoms. The Kier molecular flexibility index (Phi) is 2.33. The molecule has 2 heterocycles. The van der Waals surface area contributed by atoms with E-state index in [0.29, 0.717) is 11.4 Å². The minimum Gasteiger partial charge on any atom is -0.308 e. The molecule has 0 saturated heterocycles. The third kappa shape index (κ3) is 1.54. The van der Waals surface area contributed by atoms with Crippen LogP contribution >= 0.6 is 11.6 Å². The van der Waals surface area contributed by atoms with E-state index < -0.39 is 5.24 Å². The van der Waals surface area contributed by atoms with E-state index in [0.717, 1.165) is 0 Å². The maximum Gasteiger partial charge on any atom is 0.256 e. The number of carbonyl (C=O) groups excluding carboxylic acids is 1. The summed E-state index contributed by atoms with van der Waals surface area (Å²) in [6, 6.07) is 7.05. The molecular weight excluding hydrogens is 200 g/mol. The molecule has 3 nitrogen and oxygen atoms in total. The molecule has 14 heavy (non-hydrogen) atoms. The standard InChI is InChI=1S/C10H7ClN2O/c11-9(14)8-4-3-5-12-10(8)13-6-1-2-7-13/h1-7H. The van der Waals surface area contributed by atoms with E-state index in [2.05, 4.69) is 4.98 Å². The lowest BCUT2D eigenvalue weighted by Crippen LogP contribution is -2.02. The molecule has 0 bridgehead atoms. The van der Waals surface area contributed by atoms with Crippen LogP contribution in [0.2, 0.25) is 0 Å². The summed E-state index contributed by atoms with van der Waals surface area (Å²) >= 11 is 5.43. The van der Waals surface area contributed by atoms with E-state index in [9.17, 15) is 4.79 Å². The number of pyridine rings is 1. The summed E-state index contributed by atoms with van der Waals surface area (Å²) in [6.07, 6.45) is 5.25. The molecule has 0 unspecified atom stereocenters. The molecule has 0 aliphatic rings. The zero-order valence-corrected chi connectivity index (χ0v) is 7.98. The Labute approximate surface area is 86.0 Å². The molecule has 0 aliphatic heterocycles. The van der Waals surface area contributed by atoms with Crippen molar-refractivity contribution in [1.29, 1.82) is 0 Å². The molecule has 2 aromatic heterocycles. The number of rotatable bonds is 2. The third-order valence-electron chi connectivity index (χ3n) is 1.85. The molecule has 0 aliphatic carbocycles. The van der Waals surface area contributed by atoms with Gasteiger partial charge in [0, 0.05) is 18.6 Å². The van der Waals surface area contributed by atoms with Crippen molar-refractivity contribution in [2.24, 2.45) is 0 Å². The first-order chi connectivity index (χ1) is 6.79. The number of nitrogens with zero attached hydrogens (tertiary/aromatic N) is 2. The van der Waals surface area contributed by atoms with Crippen molar-refractivity contribution in [2.75, 3.05) is 0 Å². The highest BCUT2D eigenvalue weighted by atomic mass is 35.5. The van der Waals surface area contributed by atoms with Gasteiger partial charge in [0.2, 0.25) is 0 Å². The van der Waals surface area contributed by atoms with Crippen LogP contribution in [0.15, 0.2) is 42.9 Å². The summed E-state index contributed by atoms with van der Waals surface area (Å²) in [4.78, 5) is 15.2. The number of hydrogen-bond acceptors (Lipinski definition) is 2. The first-order valence-electron chi connectivity index (χ1n) is 4.07. The van der Waals surface area contributed by atoms with Crippen LogP contribution < -0.4 is 0 Å². The molecule has 0 atom stereocenters. The average molecular weight is 207 g/mol. The highest BCUT2D eigenvalue weighted by molar-refractivity contribution is 6.68. The molecule has 70 valence electrons. The first kappa shape index (κ1) is 8.97. The lowest BCUT2D eigenvalue weighted by atomic mass is 10.3. The van der Waals surface area contributed by atoms with Crippen LogP contribution in [0, 0.1) is 0 Å². The Morgan fingerprint density at radius 1 is 1.29 bits per heavy atom. The topological polar surface area (TPSA) is 34.9 Å². The fourth-order valence-corrected chi connectivity index (χ4v) is 1.38. The van der Waals surface area contributed by atoms with Crippen LogP contribution in [0.1, 0.15) is 10.4 Å². The van der Waals surface area contributed by atoms with Gasteiger partial charge in [-0.2, -0.15) is 0 Å². The van der Waals surface area contributed by atoms with Crippen LogP contribution in [0.25, 0.3) is 5.82 Å². The Balaban J connectivity index is 2.58. The highest BCUT2D eigenvalue weighted by Gasteiger charge is 2.09. The summed E-state index contributed by atoms with van der Waals surface area (Å²) in [6.45, 7) is 0. The van der Waals surface area contributed by atoms with Crippen molar-refractivity contribution < 1.29 is 4.79 Å². The molecule has 0 spiro atoms. The van der Waals surface area contributed by atoms with E-state index in [-0.39, 0.29) is 0 Å². The molecule has 0 N–H and O–H groups in total. The summed E-state index contributed by atoms with van der Waals surface area (Å²) in [5.74, 6) is 0.553. The highest BCUT2D eigenvalue weighted by Crippen LogP contribution is 2.13. The lowest BCUT2D eigenvalue weighted by Gasteiger charge is -2.04. The Bertz CT molecular complexity index is 451. The van der Waals surface area contributed by atoms with Crippen LogP contribution in [-0.2, 0) is 0 Å². The second-order valence-corrected chi connectivity index (χ2v) is 3.08. The lowest BCUT2D eigenvalue weighted by molar-refractivity contribution is 0.108. The quantitative estimate of drug-likeness (QED) is 0.707. The number of aromatic nitrogens is 2. The van der Waals surface area contributed by atoms with Gasteiger partial charge in [-0.15, -0.1) is 0 Å². The Hall–Kier alpha value is -1.61. The molecule has 0 amide bonds. The Morgan fingerprint density at radius 2 is 2.00 bits per heavy atom. The van der Waals surface area contributed by atoms with Crippen LogP contribution in [0.4, 0.5) is 0 Å². The minimum absolute atomic E-state index is 0.408. The van der Waals surface area contributed by atoms with E-state index in [1.165, 1.54) is 0 Å². The monoisotopic (exact) mass is 206 g/mol. The molecule has 0 fully saturated rings. The van der Waals surface area contributed by atoms with Crippen molar-refractivity contribution in [3.8, 4) is 5.82 Å². The van der Waals surface area contributed by atoms with Crippen molar-refractivity contribution in [3.63, 3.8) is 0 Å². The molecule has 0 aromatic carbocycles. The molecule has 0 saturated carbocycles. The summed E-state index contributed by atoms with van der Waals surface area (Å²) in [5, 5.41) is -0.498. The summed E-state index contributed by atoms with van der Waals surface area (Å²) < 4.78 is 1.75. The van der Waals surface area contributed by atoms with Gasteiger partial charge in [-0.3, -0.25) is 4.79 Å². The second-order valence-electron chi connectivity index (χ2n) is 2.74. The number of hydrogen-bond donors (Lipinski definition) is 0. The van der Waals surface area contributed by atoms with Gasteiger partial charge in [-0.05, 0) is 35.9 Å². The average Bonchev–Trinajstić information content (AvgIpc) is 2.70. The van der Waals surface area contributed by atoms with E-state index in [4.69, 9.17) is 11.6 Å². The SMILES string of the molecule is O=C(Cl)c1cccnc1-n1cccc1. The van der Waals surface area contributed by atoms with Gasteiger partial charge >= 0.3 is 0 Å². The second kappa shape index (κ2) is 3.64. The first-order valence-corrected chi connectivity index (χ1v) is 4.45. The fourth-order valence-electron chi connectivity index (χ4n) is 1.23. The molecule has 2 rings (SSSR count). The van der Waals surface area contributed by atoms with Crippen molar-refractivity contribution in [3.05, 3.63) is 48.4 Å². The molecule has 2 aromatic rings. The zero-order chi connectivity index (χ0) is 9.97. The van der Waals surface area contributed by atoms with Crippen LogP contribution in [-0.4, -0.2) is 14.8 Å². The van der Waals surface area contributed by atoms with Crippen molar-refractivity contribution in [1.82, 2.24) is 9.55 Å². The predicted molar refractivity (Wildman–Crippen MR) is 53.7 cm³/mol. The van der Waals surface area contributed by atoms with E-state index in [1.54, 1.807) is 22.9 Å². The normalized spacial score (nSPS) is 10.1. The van der Waals surface area contributed by atoms with Crippen molar-refractivity contribution >= 4 is 16.8 Å². The van der Waals surface area contributed by atoms with Gasteiger partial charge in [-0.1, -0.05) is 0 Å². The maximum absolute atomic E-state index is 11.1. The van der Waals surface area contributed by atoms with Gasteiger partial charge in [0.25, 0.3) is 5.24 Å². The minimum atomic E-state index is -0.498. The van der Waals surface area contributed by atoms with E-state index in [1.807, 2.05) is 24.5 Å². The van der Waals surface area contributed by atoms with Crippen LogP contribution in [0.3, 0.4) is 0 Å². The van der Waals surface area contributed by atoms with Gasteiger partial charge in [0.1, 0.15) is 5.82 Å². The Morgan fingerprint density at radius 3 is 2.64 bits per heavy atom. The predicted octanol–water partition coefficient (Wildman–Crippen LogP) is 2.25. The zero-order valence-electron chi connectivity index (χ0n) is 7.22. The van der Waals surface area contributed by atoms with Gasteiger partial charge < -0.3 is 4.57 Å². The summed E-state index contributed by atoms with van der Waals surface area (Å²) in [7, 11) is 0. The smallest absolute Gasteiger partial charge is 0.256 e. The number of carbonyl (C=O) groups is 1. The van der Waals surface area contributed by atoms with E-state index >= 15 is 0 Å². The molecule has 0 radical (unpaired) electrons.